The maximum absolute atomic E-state index is 5.26. The van der Waals surface area contributed by atoms with Crippen molar-refractivity contribution in [1.29, 1.82) is 0 Å². The topological polar surface area (TPSA) is 58.8 Å². The fourth-order valence-corrected chi connectivity index (χ4v) is 1.66. The SMILES string of the molecule is CCNC(=NCc1ccco1)NCCCCCOC.I. The van der Waals surface area contributed by atoms with Gasteiger partial charge >= 0.3 is 0 Å². The van der Waals surface area contributed by atoms with E-state index in [9.17, 15) is 0 Å². The number of hydrogen-bond donors (Lipinski definition) is 2. The van der Waals surface area contributed by atoms with E-state index >= 15 is 0 Å². The van der Waals surface area contributed by atoms with Crippen LogP contribution in [0.5, 0.6) is 0 Å². The highest BCUT2D eigenvalue weighted by Gasteiger charge is 1.98. The number of aliphatic imine (C=N–C) groups is 1. The molecule has 0 spiro atoms. The summed E-state index contributed by atoms with van der Waals surface area (Å²) in [4.78, 5) is 4.47. The normalized spacial score (nSPS) is 11.0. The monoisotopic (exact) mass is 395 g/mol. The molecule has 0 aliphatic heterocycles. The molecular formula is C14H26IN3O2. The summed E-state index contributed by atoms with van der Waals surface area (Å²) in [6.07, 6.45) is 5.06. The summed E-state index contributed by atoms with van der Waals surface area (Å²) in [7, 11) is 1.74. The lowest BCUT2D eigenvalue weighted by Gasteiger charge is -2.10. The van der Waals surface area contributed by atoms with Crippen LogP contribution < -0.4 is 10.6 Å². The van der Waals surface area contributed by atoms with E-state index in [4.69, 9.17) is 9.15 Å². The molecule has 0 unspecified atom stereocenters. The summed E-state index contributed by atoms with van der Waals surface area (Å²) in [6, 6.07) is 3.80. The van der Waals surface area contributed by atoms with Crippen LogP contribution >= 0.6 is 24.0 Å². The molecule has 0 bridgehead atoms. The molecule has 0 aliphatic rings. The molecule has 0 saturated carbocycles. The second kappa shape index (κ2) is 13.2. The zero-order chi connectivity index (χ0) is 13.8. The van der Waals surface area contributed by atoms with Crippen LogP contribution in [-0.2, 0) is 11.3 Å². The second-order valence-corrected chi connectivity index (χ2v) is 4.25. The number of rotatable bonds is 9. The number of methoxy groups -OCH3 is 1. The van der Waals surface area contributed by atoms with Crippen LogP contribution in [0.1, 0.15) is 31.9 Å². The molecule has 0 radical (unpaired) electrons. The Morgan fingerprint density at radius 3 is 2.80 bits per heavy atom. The van der Waals surface area contributed by atoms with Gasteiger partial charge in [-0.05, 0) is 38.3 Å². The molecule has 6 heteroatoms. The molecule has 1 heterocycles. The summed E-state index contributed by atoms with van der Waals surface area (Å²) in [5.74, 6) is 1.71. The first kappa shape index (κ1) is 19.2. The Labute approximate surface area is 138 Å². The number of hydrogen-bond acceptors (Lipinski definition) is 3. The van der Waals surface area contributed by atoms with Gasteiger partial charge in [-0.25, -0.2) is 4.99 Å². The van der Waals surface area contributed by atoms with Gasteiger partial charge in [-0.3, -0.25) is 0 Å². The second-order valence-electron chi connectivity index (χ2n) is 4.25. The van der Waals surface area contributed by atoms with Crippen molar-refractivity contribution in [2.45, 2.75) is 32.7 Å². The molecule has 0 amide bonds. The lowest BCUT2D eigenvalue weighted by atomic mass is 10.2. The molecule has 0 atom stereocenters. The first-order chi connectivity index (χ1) is 9.36. The molecule has 1 aromatic rings. The van der Waals surface area contributed by atoms with Gasteiger partial charge in [0.25, 0.3) is 0 Å². The summed E-state index contributed by atoms with van der Waals surface area (Å²) in [5, 5.41) is 6.54. The maximum atomic E-state index is 5.26. The van der Waals surface area contributed by atoms with Crippen LogP contribution in [-0.4, -0.2) is 32.8 Å². The zero-order valence-corrected chi connectivity index (χ0v) is 14.7. The van der Waals surface area contributed by atoms with Crippen molar-refractivity contribution in [3.8, 4) is 0 Å². The van der Waals surface area contributed by atoms with E-state index < -0.39 is 0 Å². The van der Waals surface area contributed by atoms with Gasteiger partial charge in [0.2, 0.25) is 0 Å². The van der Waals surface area contributed by atoms with Crippen molar-refractivity contribution < 1.29 is 9.15 Å². The summed E-state index contributed by atoms with van der Waals surface area (Å²) in [5.41, 5.74) is 0. The number of halogens is 1. The molecule has 0 aliphatic carbocycles. The Morgan fingerprint density at radius 2 is 2.15 bits per heavy atom. The standard InChI is InChI=1S/C14H25N3O2.HI/c1-3-15-14(16-9-5-4-6-10-18-2)17-12-13-8-7-11-19-13;/h7-8,11H,3-6,9-10,12H2,1-2H3,(H2,15,16,17);1H. The third-order valence-electron chi connectivity index (χ3n) is 2.64. The quantitative estimate of drug-likeness (QED) is 0.292. The summed E-state index contributed by atoms with van der Waals surface area (Å²) < 4.78 is 10.3. The van der Waals surface area contributed by atoms with E-state index in [1.165, 1.54) is 6.42 Å². The van der Waals surface area contributed by atoms with Crippen LogP contribution in [0.15, 0.2) is 27.8 Å². The predicted octanol–water partition coefficient (Wildman–Crippen LogP) is 2.77. The van der Waals surface area contributed by atoms with Crippen LogP contribution in [0.25, 0.3) is 0 Å². The van der Waals surface area contributed by atoms with Crippen molar-refractivity contribution in [3.63, 3.8) is 0 Å². The minimum atomic E-state index is 0. The highest BCUT2D eigenvalue weighted by molar-refractivity contribution is 14.0. The van der Waals surface area contributed by atoms with Gasteiger partial charge in [0.1, 0.15) is 12.3 Å². The predicted molar refractivity (Wildman–Crippen MR) is 92.7 cm³/mol. The molecule has 20 heavy (non-hydrogen) atoms. The van der Waals surface area contributed by atoms with Crippen LogP contribution in [0, 0.1) is 0 Å². The third-order valence-corrected chi connectivity index (χ3v) is 2.64. The molecule has 1 rings (SSSR count). The minimum absolute atomic E-state index is 0. The third kappa shape index (κ3) is 9.19. The fraction of sp³-hybridized carbons (Fsp3) is 0.643. The average molecular weight is 395 g/mol. The molecule has 2 N–H and O–H groups in total. The number of ether oxygens (including phenoxy) is 1. The zero-order valence-electron chi connectivity index (χ0n) is 12.4. The van der Waals surface area contributed by atoms with Crippen molar-refractivity contribution in [2.75, 3.05) is 26.8 Å². The molecule has 5 nitrogen and oxygen atoms in total. The smallest absolute Gasteiger partial charge is 0.191 e. The van der Waals surface area contributed by atoms with Gasteiger partial charge in [0.05, 0.1) is 6.26 Å². The Balaban J connectivity index is 0.00000361. The van der Waals surface area contributed by atoms with Crippen LogP contribution in [0.3, 0.4) is 0 Å². The van der Waals surface area contributed by atoms with E-state index in [0.717, 1.165) is 44.3 Å². The largest absolute Gasteiger partial charge is 0.467 e. The van der Waals surface area contributed by atoms with E-state index in [1.54, 1.807) is 13.4 Å². The Morgan fingerprint density at radius 1 is 1.30 bits per heavy atom. The minimum Gasteiger partial charge on any atom is -0.467 e. The Hall–Kier alpha value is -0.760. The lowest BCUT2D eigenvalue weighted by Crippen LogP contribution is -2.37. The van der Waals surface area contributed by atoms with Gasteiger partial charge in [-0.1, -0.05) is 0 Å². The van der Waals surface area contributed by atoms with Crippen molar-refractivity contribution in [1.82, 2.24) is 10.6 Å². The van der Waals surface area contributed by atoms with Gasteiger partial charge in [-0.2, -0.15) is 0 Å². The number of nitrogens with one attached hydrogen (secondary N) is 2. The lowest BCUT2D eigenvalue weighted by molar-refractivity contribution is 0.192. The molecule has 0 fully saturated rings. The van der Waals surface area contributed by atoms with Crippen LogP contribution in [0.2, 0.25) is 0 Å². The van der Waals surface area contributed by atoms with Crippen molar-refractivity contribution in [3.05, 3.63) is 24.2 Å². The number of guanidine groups is 1. The fourth-order valence-electron chi connectivity index (χ4n) is 1.66. The molecule has 0 aromatic carbocycles. The number of unbranched alkanes of at least 4 members (excludes halogenated alkanes) is 2. The molecule has 1 aromatic heterocycles. The molecule has 116 valence electrons. The number of furan rings is 1. The molecular weight excluding hydrogens is 369 g/mol. The van der Waals surface area contributed by atoms with Gasteiger partial charge < -0.3 is 19.8 Å². The van der Waals surface area contributed by atoms with Crippen molar-refractivity contribution >= 4 is 29.9 Å². The van der Waals surface area contributed by atoms with Gasteiger partial charge in [-0.15, -0.1) is 24.0 Å². The average Bonchev–Trinajstić information content (AvgIpc) is 2.93. The first-order valence-electron chi connectivity index (χ1n) is 6.90. The summed E-state index contributed by atoms with van der Waals surface area (Å²) >= 11 is 0. The first-order valence-corrected chi connectivity index (χ1v) is 6.90. The number of nitrogens with zero attached hydrogens (tertiary/aromatic N) is 1. The Bertz CT molecular complexity index is 342. The van der Waals surface area contributed by atoms with Crippen LogP contribution in [0.4, 0.5) is 0 Å². The highest BCUT2D eigenvalue weighted by Crippen LogP contribution is 2.01. The van der Waals surface area contributed by atoms with E-state index in [2.05, 4.69) is 22.5 Å². The van der Waals surface area contributed by atoms with E-state index in [1.807, 2.05) is 12.1 Å². The molecule has 0 saturated heterocycles. The van der Waals surface area contributed by atoms with E-state index in [-0.39, 0.29) is 24.0 Å². The van der Waals surface area contributed by atoms with E-state index in [0.29, 0.717) is 6.54 Å². The highest BCUT2D eigenvalue weighted by atomic mass is 127. The van der Waals surface area contributed by atoms with Gasteiger partial charge in [0.15, 0.2) is 5.96 Å². The Kier molecular flexibility index (Phi) is 12.7. The maximum Gasteiger partial charge on any atom is 0.191 e. The van der Waals surface area contributed by atoms with Gasteiger partial charge in [0, 0.05) is 26.8 Å². The summed E-state index contributed by atoms with van der Waals surface area (Å²) in [6.45, 7) is 5.24. The van der Waals surface area contributed by atoms with Crippen molar-refractivity contribution in [2.24, 2.45) is 4.99 Å².